The largest absolute Gasteiger partial charge is 0.481 e. The quantitative estimate of drug-likeness (QED) is 0.921. The number of rotatable bonds is 4. The van der Waals surface area contributed by atoms with Gasteiger partial charge in [-0.1, -0.05) is 6.07 Å². The predicted octanol–water partition coefficient (Wildman–Crippen LogP) is 2.20. The zero-order chi connectivity index (χ0) is 14.7. The van der Waals surface area contributed by atoms with Crippen molar-refractivity contribution in [2.45, 2.75) is 25.4 Å². The summed E-state index contributed by atoms with van der Waals surface area (Å²) in [5.41, 5.74) is 0.365. The van der Waals surface area contributed by atoms with E-state index >= 15 is 0 Å². The molecular weight excluding hydrogens is 268 g/mol. The highest BCUT2D eigenvalue weighted by Gasteiger charge is 2.30. The van der Waals surface area contributed by atoms with Crippen molar-refractivity contribution < 1.29 is 23.4 Å². The number of hydrogen-bond acceptors (Lipinski definition) is 3. The van der Waals surface area contributed by atoms with Crippen molar-refractivity contribution in [1.82, 2.24) is 4.90 Å². The van der Waals surface area contributed by atoms with E-state index in [9.17, 15) is 13.6 Å². The van der Waals surface area contributed by atoms with Crippen LogP contribution >= 0.6 is 0 Å². The molecule has 2 atom stereocenters. The molecule has 0 aromatic heterocycles. The third kappa shape index (κ3) is 3.32. The Kier molecular flexibility index (Phi) is 4.67. The summed E-state index contributed by atoms with van der Waals surface area (Å²) in [6, 6.07) is 2.83. The Hall–Kier alpha value is -1.53. The lowest BCUT2D eigenvalue weighted by molar-refractivity contribution is -0.140. The Morgan fingerprint density at radius 2 is 2.30 bits per heavy atom. The van der Waals surface area contributed by atoms with Crippen LogP contribution in [0.3, 0.4) is 0 Å². The van der Waals surface area contributed by atoms with Crippen molar-refractivity contribution in [3.8, 4) is 0 Å². The van der Waals surface area contributed by atoms with Gasteiger partial charge in [-0.2, -0.15) is 0 Å². The van der Waals surface area contributed by atoms with E-state index in [1.807, 2.05) is 4.90 Å². The zero-order valence-electron chi connectivity index (χ0n) is 11.2. The summed E-state index contributed by atoms with van der Waals surface area (Å²) in [5.74, 6) is -2.15. The molecule has 110 valence electrons. The molecule has 4 nitrogen and oxygen atoms in total. The van der Waals surface area contributed by atoms with Crippen molar-refractivity contribution in [2.75, 3.05) is 19.8 Å². The SMILES string of the molecule is CC(c1ccc(F)cc1F)N1CCOCC1CC(=O)O. The summed E-state index contributed by atoms with van der Waals surface area (Å²) < 4.78 is 32.1. The fourth-order valence-electron chi connectivity index (χ4n) is 2.57. The van der Waals surface area contributed by atoms with Gasteiger partial charge in [0.2, 0.25) is 0 Å². The molecule has 0 aliphatic carbocycles. The van der Waals surface area contributed by atoms with Gasteiger partial charge in [-0.15, -0.1) is 0 Å². The van der Waals surface area contributed by atoms with E-state index in [0.717, 1.165) is 6.07 Å². The van der Waals surface area contributed by atoms with Gasteiger partial charge >= 0.3 is 5.97 Å². The van der Waals surface area contributed by atoms with Gasteiger partial charge in [0, 0.05) is 30.3 Å². The smallest absolute Gasteiger partial charge is 0.305 e. The maximum atomic E-state index is 13.8. The van der Waals surface area contributed by atoms with Gasteiger partial charge in [0.25, 0.3) is 0 Å². The first-order chi connectivity index (χ1) is 9.49. The standard InChI is InChI=1S/C14H17F2NO3/c1-9(12-3-2-10(15)6-13(12)16)17-4-5-20-8-11(17)7-14(18)19/h2-3,6,9,11H,4-5,7-8H2,1H3,(H,18,19). The maximum absolute atomic E-state index is 13.8. The third-order valence-corrected chi connectivity index (χ3v) is 3.59. The van der Waals surface area contributed by atoms with Crippen molar-refractivity contribution in [2.24, 2.45) is 0 Å². The fraction of sp³-hybridized carbons (Fsp3) is 0.500. The van der Waals surface area contributed by atoms with Crippen molar-refractivity contribution in [3.63, 3.8) is 0 Å². The number of nitrogens with zero attached hydrogens (tertiary/aromatic N) is 1. The monoisotopic (exact) mass is 285 g/mol. The van der Waals surface area contributed by atoms with Gasteiger partial charge in [0.05, 0.1) is 19.6 Å². The van der Waals surface area contributed by atoms with Crippen LogP contribution in [0.2, 0.25) is 0 Å². The minimum atomic E-state index is -0.919. The number of morpholine rings is 1. The molecular formula is C14H17F2NO3. The predicted molar refractivity (Wildman–Crippen MR) is 68.3 cm³/mol. The van der Waals surface area contributed by atoms with Crippen LogP contribution in [0.1, 0.15) is 24.9 Å². The average Bonchev–Trinajstić information content (AvgIpc) is 2.38. The maximum Gasteiger partial charge on any atom is 0.305 e. The van der Waals surface area contributed by atoms with Crippen LogP contribution in [0.25, 0.3) is 0 Å². The molecule has 0 amide bonds. The molecule has 2 rings (SSSR count). The average molecular weight is 285 g/mol. The number of ether oxygens (including phenoxy) is 1. The number of halogens is 2. The van der Waals surface area contributed by atoms with Gasteiger partial charge in [0.15, 0.2) is 0 Å². The van der Waals surface area contributed by atoms with Gasteiger partial charge in [-0.25, -0.2) is 8.78 Å². The van der Waals surface area contributed by atoms with Crippen LogP contribution in [0.5, 0.6) is 0 Å². The van der Waals surface area contributed by atoms with Crippen LogP contribution in [0.15, 0.2) is 18.2 Å². The molecule has 2 unspecified atom stereocenters. The molecule has 1 N–H and O–H groups in total. The summed E-state index contributed by atoms with van der Waals surface area (Å²) in [6.45, 7) is 3.09. The second kappa shape index (κ2) is 6.28. The highest BCUT2D eigenvalue weighted by Crippen LogP contribution is 2.27. The van der Waals surface area contributed by atoms with E-state index in [0.29, 0.717) is 25.3 Å². The molecule has 1 aromatic rings. The Morgan fingerprint density at radius 3 is 2.95 bits per heavy atom. The summed E-state index contributed by atoms with van der Waals surface area (Å²) in [7, 11) is 0. The minimum absolute atomic E-state index is 0.0623. The zero-order valence-corrected chi connectivity index (χ0v) is 11.2. The number of aliphatic carboxylic acids is 1. The second-order valence-electron chi connectivity index (χ2n) is 4.91. The van der Waals surface area contributed by atoms with Gasteiger partial charge in [-0.3, -0.25) is 9.69 Å². The Labute approximate surface area is 116 Å². The molecule has 1 aromatic carbocycles. The van der Waals surface area contributed by atoms with Crippen LogP contribution in [0.4, 0.5) is 8.78 Å². The van der Waals surface area contributed by atoms with E-state index in [2.05, 4.69) is 0 Å². The molecule has 1 aliphatic rings. The summed E-state index contributed by atoms with van der Waals surface area (Å²) >= 11 is 0. The van der Waals surface area contributed by atoms with E-state index < -0.39 is 17.6 Å². The fourth-order valence-corrected chi connectivity index (χ4v) is 2.57. The molecule has 0 saturated carbocycles. The lowest BCUT2D eigenvalue weighted by Gasteiger charge is -2.39. The second-order valence-corrected chi connectivity index (χ2v) is 4.91. The number of hydrogen-bond donors (Lipinski definition) is 1. The first kappa shape index (κ1) is 14.9. The number of benzene rings is 1. The van der Waals surface area contributed by atoms with E-state index in [1.54, 1.807) is 6.92 Å². The van der Waals surface area contributed by atoms with Crippen LogP contribution in [0, 0.1) is 11.6 Å². The topological polar surface area (TPSA) is 49.8 Å². The first-order valence-electron chi connectivity index (χ1n) is 6.49. The van der Waals surface area contributed by atoms with Crippen LogP contribution in [-0.4, -0.2) is 41.8 Å². The first-order valence-corrected chi connectivity index (χ1v) is 6.49. The normalized spacial score (nSPS) is 21.6. The minimum Gasteiger partial charge on any atom is -0.481 e. The molecule has 0 bridgehead atoms. The lowest BCUT2D eigenvalue weighted by Crippen LogP contribution is -2.47. The Morgan fingerprint density at radius 1 is 1.55 bits per heavy atom. The molecule has 1 fully saturated rings. The van der Waals surface area contributed by atoms with E-state index in [1.165, 1.54) is 12.1 Å². The summed E-state index contributed by atoms with van der Waals surface area (Å²) in [6.07, 6.45) is -0.0623. The highest BCUT2D eigenvalue weighted by atomic mass is 19.1. The van der Waals surface area contributed by atoms with Crippen molar-refractivity contribution in [3.05, 3.63) is 35.4 Å². The van der Waals surface area contributed by atoms with E-state index in [-0.39, 0.29) is 18.5 Å². The number of carboxylic acid groups (broad SMARTS) is 1. The highest BCUT2D eigenvalue weighted by molar-refractivity contribution is 5.67. The van der Waals surface area contributed by atoms with Crippen molar-refractivity contribution >= 4 is 5.97 Å². The molecule has 6 heteroatoms. The molecule has 1 aliphatic heterocycles. The molecule has 0 spiro atoms. The number of carboxylic acids is 1. The molecule has 0 radical (unpaired) electrons. The molecule has 1 saturated heterocycles. The van der Waals surface area contributed by atoms with Crippen LogP contribution in [-0.2, 0) is 9.53 Å². The van der Waals surface area contributed by atoms with Crippen molar-refractivity contribution in [1.29, 1.82) is 0 Å². The Bertz CT molecular complexity index is 495. The van der Waals surface area contributed by atoms with E-state index in [4.69, 9.17) is 9.84 Å². The van der Waals surface area contributed by atoms with Crippen LogP contribution < -0.4 is 0 Å². The summed E-state index contributed by atoms with van der Waals surface area (Å²) in [5, 5.41) is 8.92. The van der Waals surface area contributed by atoms with Gasteiger partial charge < -0.3 is 9.84 Å². The lowest BCUT2D eigenvalue weighted by atomic mass is 10.0. The third-order valence-electron chi connectivity index (χ3n) is 3.59. The summed E-state index contributed by atoms with van der Waals surface area (Å²) in [4.78, 5) is 12.8. The molecule has 1 heterocycles. The number of carbonyl (C=O) groups is 1. The van der Waals surface area contributed by atoms with Gasteiger partial charge in [0.1, 0.15) is 11.6 Å². The Balaban J connectivity index is 2.20. The van der Waals surface area contributed by atoms with Gasteiger partial charge in [-0.05, 0) is 13.0 Å². The molecule has 20 heavy (non-hydrogen) atoms.